The van der Waals surface area contributed by atoms with Crippen LogP contribution in [0.2, 0.25) is 0 Å². The third kappa shape index (κ3) is 3.80. The molecule has 0 atom stereocenters. The molecule has 0 aromatic heterocycles. The van der Waals surface area contributed by atoms with Crippen molar-refractivity contribution in [2.24, 2.45) is 0 Å². The number of nitrogens with zero attached hydrogens (tertiary/aromatic N) is 1. The summed E-state index contributed by atoms with van der Waals surface area (Å²) in [5.41, 5.74) is -1.10. The number of carboxylic acid groups (broad SMARTS) is 2. The van der Waals surface area contributed by atoms with Gasteiger partial charge in [-0.15, -0.1) is 0 Å². The smallest absolute Gasteiger partial charge is 0.332 e. The molecule has 1 aromatic carbocycles. The van der Waals surface area contributed by atoms with Gasteiger partial charge in [0.2, 0.25) is 0 Å². The normalized spacial score (nSPS) is 11.1. The maximum atomic E-state index is 10.8. The highest BCUT2D eigenvalue weighted by Crippen LogP contribution is 2.26. The number of nitro groups is 1. The molecule has 3 N–H and O–H groups in total. The zero-order chi connectivity index (χ0) is 14.6. The molecule has 1 aromatic rings. The van der Waals surface area contributed by atoms with Crippen molar-refractivity contribution in [3.05, 3.63) is 39.4 Å². The minimum Gasteiger partial charge on any atom is -0.508 e. The van der Waals surface area contributed by atoms with Gasteiger partial charge in [-0.05, 0) is 18.2 Å². The molecule has 0 fully saturated rings. The minimum atomic E-state index is -1.48. The fourth-order valence-electron chi connectivity index (χ4n) is 1.35. The number of benzene rings is 1. The molecule has 0 saturated heterocycles. The monoisotopic (exact) mass is 267 g/mol. The van der Waals surface area contributed by atoms with Crippen LogP contribution in [0, 0.1) is 10.1 Å². The average Bonchev–Trinajstić information content (AvgIpc) is 2.29. The van der Waals surface area contributed by atoms with Gasteiger partial charge in [0.15, 0.2) is 0 Å². The first-order valence-electron chi connectivity index (χ1n) is 4.94. The van der Waals surface area contributed by atoms with Crippen LogP contribution in [0.1, 0.15) is 12.0 Å². The summed E-state index contributed by atoms with van der Waals surface area (Å²) in [6.45, 7) is 0. The third-order valence-corrected chi connectivity index (χ3v) is 2.16. The first-order chi connectivity index (χ1) is 8.81. The molecule has 0 aliphatic carbocycles. The van der Waals surface area contributed by atoms with Crippen LogP contribution in [0.15, 0.2) is 23.8 Å². The largest absolute Gasteiger partial charge is 0.508 e. The van der Waals surface area contributed by atoms with E-state index in [1.807, 2.05) is 0 Å². The van der Waals surface area contributed by atoms with Gasteiger partial charge in [0.05, 0.1) is 23.0 Å². The lowest BCUT2D eigenvalue weighted by atomic mass is 10.1. The number of aliphatic carboxylic acids is 2. The molecular formula is C11H9NO7. The van der Waals surface area contributed by atoms with E-state index in [4.69, 9.17) is 15.3 Å². The number of nitro benzene ring substituents is 1. The quantitative estimate of drug-likeness (QED) is 0.414. The summed E-state index contributed by atoms with van der Waals surface area (Å²) in [7, 11) is 0. The highest BCUT2D eigenvalue weighted by molar-refractivity contribution is 5.97. The van der Waals surface area contributed by atoms with Crippen molar-refractivity contribution < 1.29 is 29.8 Å². The molecule has 19 heavy (non-hydrogen) atoms. The summed E-state index contributed by atoms with van der Waals surface area (Å²) in [4.78, 5) is 31.3. The fourth-order valence-corrected chi connectivity index (χ4v) is 1.35. The van der Waals surface area contributed by atoms with Crippen molar-refractivity contribution in [3.63, 3.8) is 0 Å². The molecule has 1 rings (SSSR count). The van der Waals surface area contributed by atoms with Crippen molar-refractivity contribution in [1.82, 2.24) is 0 Å². The van der Waals surface area contributed by atoms with Gasteiger partial charge < -0.3 is 15.3 Å². The van der Waals surface area contributed by atoms with Gasteiger partial charge in [0.1, 0.15) is 5.75 Å². The van der Waals surface area contributed by atoms with Crippen LogP contribution < -0.4 is 0 Å². The van der Waals surface area contributed by atoms with Gasteiger partial charge >= 0.3 is 11.9 Å². The first-order valence-corrected chi connectivity index (χ1v) is 4.94. The number of hydrogen-bond donors (Lipinski definition) is 3. The summed E-state index contributed by atoms with van der Waals surface area (Å²) < 4.78 is 0. The van der Waals surface area contributed by atoms with E-state index in [0.717, 1.165) is 24.3 Å². The number of aromatic hydroxyl groups is 1. The number of phenolic OH excluding ortho intramolecular Hbond substituents is 1. The molecule has 0 bridgehead atoms. The fraction of sp³-hybridized carbons (Fsp3) is 0.0909. The molecule has 8 nitrogen and oxygen atoms in total. The van der Waals surface area contributed by atoms with Gasteiger partial charge in [-0.1, -0.05) is 0 Å². The van der Waals surface area contributed by atoms with E-state index in [-0.39, 0.29) is 11.3 Å². The van der Waals surface area contributed by atoms with Crippen molar-refractivity contribution in [1.29, 1.82) is 0 Å². The van der Waals surface area contributed by atoms with Gasteiger partial charge in [0.25, 0.3) is 5.69 Å². The van der Waals surface area contributed by atoms with Crippen LogP contribution in [0.3, 0.4) is 0 Å². The van der Waals surface area contributed by atoms with Crippen LogP contribution in [0.25, 0.3) is 6.08 Å². The lowest BCUT2D eigenvalue weighted by Gasteiger charge is -2.01. The number of rotatable bonds is 5. The molecule has 0 unspecified atom stereocenters. The van der Waals surface area contributed by atoms with Crippen LogP contribution in [-0.2, 0) is 9.59 Å². The molecule has 0 aliphatic heterocycles. The van der Waals surface area contributed by atoms with E-state index in [9.17, 15) is 19.7 Å². The second-order valence-corrected chi connectivity index (χ2v) is 3.55. The Balaban J connectivity index is 3.31. The lowest BCUT2D eigenvalue weighted by Crippen LogP contribution is -2.06. The minimum absolute atomic E-state index is 0.0959. The van der Waals surface area contributed by atoms with Gasteiger partial charge in [-0.2, -0.15) is 0 Å². The SMILES string of the molecule is O=C(O)C/C(=C\c1ccc(O)cc1[N+](=O)[O-])C(=O)O. The van der Waals surface area contributed by atoms with E-state index in [1.165, 1.54) is 0 Å². The number of carboxylic acids is 2. The van der Waals surface area contributed by atoms with Crippen molar-refractivity contribution in [3.8, 4) is 5.75 Å². The molecule has 0 saturated carbocycles. The molecule has 0 amide bonds. The maximum absolute atomic E-state index is 10.8. The van der Waals surface area contributed by atoms with Crippen molar-refractivity contribution >= 4 is 23.7 Å². The summed E-state index contributed by atoms with van der Waals surface area (Å²) in [5.74, 6) is -3.20. The molecule has 0 spiro atoms. The topological polar surface area (TPSA) is 138 Å². The zero-order valence-electron chi connectivity index (χ0n) is 9.44. The highest BCUT2D eigenvalue weighted by atomic mass is 16.6. The van der Waals surface area contributed by atoms with Crippen LogP contribution in [0.5, 0.6) is 5.75 Å². The Kier molecular flexibility index (Phi) is 4.19. The second-order valence-electron chi connectivity index (χ2n) is 3.55. The van der Waals surface area contributed by atoms with E-state index in [1.54, 1.807) is 0 Å². The Bertz CT molecular complexity index is 576. The van der Waals surface area contributed by atoms with E-state index in [2.05, 4.69) is 0 Å². The van der Waals surface area contributed by atoms with Crippen LogP contribution in [-0.4, -0.2) is 32.2 Å². The van der Waals surface area contributed by atoms with Gasteiger partial charge in [-0.3, -0.25) is 14.9 Å². The average molecular weight is 267 g/mol. The van der Waals surface area contributed by atoms with Crippen LogP contribution >= 0.6 is 0 Å². The Labute approximate surface area is 106 Å². The molecule has 0 aliphatic rings. The van der Waals surface area contributed by atoms with E-state index >= 15 is 0 Å². The zero-order valence-corrected chi connectivity index (χ0v) is 9.44. The second kappa shape index (κ2) is 5.63. The summed E-state index contributed by atoms with van der Waals surface area (Å²) >= 11 is 0. The highest BCUT2D eigenvalue weighted by Gasteiger charge is 2.17. The molecule has 100 valence electrons. The summed E-state index contributed by atoms with van der Waals surface area (Å²) in [5, 5.41) is 37.3. The molecule has 8 heteroatoms. The summed E-state index contributed by atoms with van der Waals surface area (Å²) in [6, 6.07) is 3.13. The van der Waals surface area contributed by atoms with E-state index < -0.39 is 34.5 Å². The number of hydrogen-bond acceptors (Lipinski definition) is 5. The van der Waals surface area contributed by atoms with Crippen molar-refractivity contribution in [2.45, 2.75) is 6.42 Å². The molecule has 0 radical (unpaired) electrons. The standard InChI is InChI=1S/C11H9NO7/c13-8-2-1-6(9(5-8)12(18)19)3-7(11(16)17)4-10(14)15/h1-3,5,13H,4H2,(H,14,15)(H,16,17)/b7-3+. The maximum Gasteiger partial charge on any atom is 0.332 e. The Morgan fingerprint density at radius 3 is 2.42 bits per heavy atom. The Morgan fingerprint density at radius 2 is 1.95 bits per heavy atom. The molecular weight excluding hydrogens is 258 g/mol. The predicted molar refractivity (Wildman–Crippen MR) is 62.6 cm³/mol. The van der Waals surface area contributed by atoms with Gasteiger partial charge in [-0.25, -0.2) is 4.79 Å². The van der Waals surface area contributed by atoms with E-state index in [0.29, 0.717) is 0 Å². The number of phenols is 1. The number of carbonyl (C=O) groups is 2. The Morgan fingerprint density at radius 1 is 1.32 bits per heavy atom. The summed E-state index contributed by atoms with van der Waals surface area (Å²) in [6.07, 6.45) is 0.126. The van der Waals surface area contributed by atoms with Crippen LogP contribution in [0.4, 0.5) is 5.69 Å². The molecule has 0 heterocycles. The first kappa shape index (κ1) is 14.2. The Hall–Kier alpha value is -2.90. The lowest BCUT2D eigenvalue weighted by molar-refractivity contribution is -0.385. The predicted octanol–water partition coefficient (Wildman–Crippen LogP) is 1.24. The third-order valence-electron chi connectivity index (χ3n) is 2.16. The van der Waals surface area contributed by atoms with Gasteiger partial charge in [0, 0.05) is 5.57 Å². The van der Waals surface area contributed by atoms with Crippen molar-refractivity contribution in [2.75, 3.05) is 0 Å².